The number of carboxylic acids is 1. The number of aromatic carboxylic acids is 1. The van der Waals surface area contributed by atoms with Crippen molar-refractivity contribution in [1.29, 1.82) is 0 Å². The third-order valence-electron chi connectivity index (χ3n) is 4.78. The maximum atomic E-state index is 11.5. The lowest BCUT2D eigenvalue weighted by Gasteiger charge is -2.19. The molecule has 0 saturated heterocycles. The maximum Gasteiger partial charge on any atom is 0.356 e. The lowest BCUT2D eigenvalue weighted by molar-refractivity contribution is 0.0688. The van der Waals surface area contributed by atoms with Crippen molar-refractivity contribution in [2.75, 3.05) is 0 Å². The fraction of sp³-hybridized carbons (Fsp3) is 0.400. The average molecular weight is 395 g/mol. The topological polar surface area (TPSA) is 68.0 Å². The van der Waals surface area contributed by atoms with Gasteiger partial charge in [-0.1, -0.05) is 6.92 Å². The highest BCUT2D eigenvalue weighted by molar-refractivity contribution is 14.1. The summed E-state index contributed by atoms with van der Waals surface area (Å²) in [6.07, 6.45) is 4.63. The summed E-state index contributed by atoms with van der Waals surface area (Å²) in [6, 6.07) is 3.84. The fourth-order valence-corrected chi connectivity index (χ4v) is 3.86. The van der Waals surface area contributed by atoms with Gasteiger partial charge in [0.25, 0.3) is 0 Å². The number of pyridine rings is 1. The van der Waals surface area contributed by atoms with Gasteiger partial charge in [0.15, 0.2) is 11.5 Å². The van der Waals surface area contributed by atoms with Crippen LogP contribution in [0, 0.1) is 14.9 Å². The Kier molecular flexibility index (Phi) is 2.70. The number of hydrogen-bond acceptors (Lipinski definition) is 3. The van der Waals surface area contributed by atoms with Crippen LogP contribution in [0.4, 0.5) is 0 Å². The molecular weight excluding hydrogens is 381 g/mol. The third-order valence-corrected chi connectivity index (χ3v) is 5.45. The number of halogens is 1. The average Bonchev–Trinajstić information content (AvgIpc) is 2.94. The molecule has 2 aliphatic rings. The van der Waals surface area contributed by atoms with Crippen molar-refractivity contribution < 1.29 is 9.90 Å². The molecule has 5 nitrogen and oxygen atoms in total. The van der Waals surface area contributed by atoms with Crippen LogP contribution in [0.1, 0.15) is 35.1 Å². The zero-order chi connectivity index (χ0) is 14.8. The summed E-state index contributed by atoms with van der Waals surface area (Å²) in [7, 11) is 0. The van der Waals surface area contributed by atoms with E-state index in [0.717, 1.165) is 27.7 Å². The first-order valence-electron chi connectivity index (χ1n) is 6.94. The summed E-state index contributed by atoms with van der Waals surface area (Å²) in [4.78, 5) is 15.8. The van der Waals surface area contributed by atoms with Gasteiger partial charge >= 0.3 is 5.97 Å². The number of aromatic nitrogens is 3. The highest BCUT2D eigenvalue weighted by Gasteiger charge is 2.54. The van der Waals surface area contributed by atoms with E-state index in [4.69, 9.17) is 0 Å². The number of carbonyl (C=O) groups is 1. The second-order valence-corrected chi connectivity index (χ2v) is 7.50. The van der Waals surface area contributed by atoms with Gasteiger partial charge in [-0.05, 0) is 65.3 Å². The van der Waals surface area contributed by atoms with Crippen molar-refractivity contribution in [3.8, 4) is 5.82 Å². The molecule has 1 saturated carbocycles. The van der Waals surface area contributed by atoms with E-state index in [-0.39, 0.29) is 5.69 Å². The van der Waals surface area contributed by atoms with Gasteiger partial charge in [0.1, 0.15) is 0 Å². The SMILES string of the molecule is C[C@]12Cc3c(c(C(=O)O)nn3-c3cc(I)ccn3)C[C@H]1C2. The smallest absolute Gasteiger partial charge is 0.356 e. The predicted molar refractivity (Wildman–Crippen MR) is 84.7 cm³/mol. The minimum Gasteiger partial charge on any atom is -0.476 e. The number of hydrogen-bond donors (Lipinski definition) is 1. The third kappa shape index (κ3) is 1.99. The van der Waals surface area contributed by atoms with Crippen LogP contribution in [0.15, 0.2) is 18.3 Å². The first-order chi connectivity index (χ1) is 9.98. The van der Waals surface area contributed by atoms with E-state index in [9.17, 15) is 9.90 Å². The number of rotatable bonds is 2. The van der Waals surface area contributed by atoms with Gasteiger partial charge in [0.05, 0.1) is 5.69 Å². The van der Waals surface area contributed by atoms with Crippen LogP contribution >= 0.6 is 22.6 Å². The number of nitrogens with zero attached hydrogens (tertiary/aromatic N) is 3. The standard InChI is InChI=1S/C15H14IN3O2/c1-15-6-8(15)4-10-11(7-15)19(18-13(10)14(20)21)12-5-9(16)2-3-17-12/h2-3,5,8H,4,6-7H2,1H3,(H,20,21)/t8-,15-/m0/s1. The van der Waals surface area contributed by atoms with Crippen LogP contribution in [-0.4, -0.2) is 25.8 Å². The van der Waals surface area contributed by atoms with Gasteiger partial charge in [-0.25, -0.2) is 14.5 Å². The number of fused-ring (bicyclic) bond motifs is 2. The molecule has 2 heterocycles. The Hall–Kier alpha value is -1.44. The number of carboxylic acid groups (broad SMARTS) is 1. The van der Waals surface area contributed by atoms with E-state index >= 15 is 0 Å². The minimum absolute atomic E-state index is 0.194. The monoisotopic (exact) mass is 395 g/mol. The molecule has 0 aliphatic heterocycles. The van der Waals surface area contributed by atoms with Gasteiger partial charge in [-0.15, -0.1) is 0 Å². The first kappa shape index (κ1) is 13.2. The minimum atomic E-state index is -0.945. The van der Waals surface area contributed by atoms with Crippen molar-refractivity contribution in [2.24, 2.45) is 11.3 Å². The molecule has 0 aromatic carbocycles. The van der Waals surface area contributed by atoms with Gasteiger partial charge in [-0.2, -0.15) is 5.10 Å². The van der Waals surface area contributed by atoms with E-state index in [2.05, 4.69) is 39.6 Å². The second-order valence-electron chi connectivity index (χ2n) is 6.26. The molecule has 0 spiro atoms. The summed E-state index contributed by atoms with van der Waals surface area (Å²) in [5, 5.41) is 13.8. The Bertz CT molecular complexity index is 770. The molecule has 0 bridgehead atoms. The van der Waals surface area contributed by atoms with Gasteiger partial charge in [0.2, 0.25) is 0 Å². The Morgan fingerprint density at radius 2 is 2.38 bits per heavy atom. The van der Waals surface area contributed by atoms with E-state index in [1.165, 1.54) is 6.42 Å². The van der Waals surface area contributed by atoms with Gasteiger partial charge in [0, 0.05) is 15.3 Å². The molecule has 4 rings (SSSR count). The van der Waals surface area contributed by atoms with E-state index in [1.807, 2.05) is 12.1 Å². The molecule has 2 aliphatic carbocycles. The largest absolute Gasteiger partial charge is 0.476 e. The zero-order valence-corrected chi connectivity index (χ0v) is 13.7. The van der Waals surface area contributed by atoms with Crippen molar-refractivity contribution in [2.45, 2.75) is 26.2 Å². The predicted octanol–water partition coefficient (Wildman–Crippen LogP) is 2.69. The molecule has 108 valence electrons. The molecule has 2 aromatic heterocycles. The summed E-state index contributed by atoms with van der Waals surface area (Å²) in [6.45, 7) is 2.28. The first-order valence-corrected chi connectivity index (χ1v) is 8.02. The highest BCUT2D eigenvalue weighted by atomic mass is 127. The Labute approximate surface area is 135 Å². The maximum absolute atomic E-state index is 11.5. The normalized spacial score (nSPS) is 26.1. The van der Waals surface area contributed by atoms with Gasteiger partial charge in [-0.3, -0.25) is 0 Å². The fourth-order valence-electron chi connectivity index (χ4n) is 3.42. The van der Waals surface area contributed by atoms with Crippen LogP contribution in [0.25, 0.3) is 5.82 Å². The quantitative estimate of drug-likeness (QED) is 0.795. The lowest BCUT2D eigenvalue weighted by Crippen LogP contribution is -2.17. The van der Waals surface area contributed by atoms with Gasteiger partial charge < -0.3 is 5.11 Å². The van der Waals surface area contributed by atoms with Crippen LogP contribution < -0.4 is 0 Å². The zero-order valence-electron chi connectivity index (χ0n) is 11.5. The Balaban J connectivity index is 1.90. The summed E-state index contributed by atoms with van der Waals surface area (Å²) in [5.74, 6) is 0.373. The van der Waals surface area contributed by atoms with Crippen LogP contribution in [0.3, 0.4) is 0 Å². The molecule has 1 fully saturated rings. The summed E-state index contributed by atoms with van der Waals surface area (Å²) < 4.78 is 2.80. The Morgan fingerprint density at radius 3 is 3.10 bits per heavy atom. The van der Waals surface area contributed by atoms with Crippen LogP contribution in [0.5, 0.6) is 0 Å². The summed E-state index contributed by atoms with van der Waals surface area (Å²) in [5.41, 5.74) is 2.45. The molecule has 21 heavy (non-hydrogen) atoms. The molecule has 6 heteroatoms. The molecule has 2 aromatic rings. The van der Waals surface area contributed by atoms with E-state index < -0.39 is 5.97 Å². The van der Waals surface area contributed by atoms with Crippen LogP contribution in [0.2, 0.25) is 0 Å². The van der Waals surface area contributed by atoms with E-state index in [1.54, 1.807) is 10.9 Å². The van der Waals surface area contributed by atoms with Crippen molar-refractivity contribution in [3.63, 3.8) is 0 Å². The highest BCUT2D eigenvalue weighted by Crippen LogP contribution is 2.59. The van der Waals surface area contributed by atoms with Crippen LogP contribution in [-0.2, 0) is 12.8 Å². The lowest BCUT2D eigenvalue weighted by atomic mass is 9.87. The van der Waals surface area contributed by atoms with E-state index in [0.29, 0.717) is 17.2 Å². The molecule has 0 radical (unpaired) electrons. The molecule has 1 N–H and O–H groups in total. The summed E-state index contributed by atoms with van der Waals surface area (Å²) >= 11 is 2.23. The molecule has 0 unspecified atom stereocenters. The second kappa shape index (κ2) is 4.28. The molecule has 2 atom stereocenters. The van der Waals surface area contributed by atoms with Crippen molar-refractivity contribution in [1.82, 2.24) is 14.8 Å². The van der Waals surface area contributed by atoms with Crippen molar-refractivity contribution in [3.05, 3.63) is 38.9 Å². The Morgan fingerprint density at radius 1 is 1.57 bits per heavy atom. The molecule has 0 amide bonds. The molecular formula is C15H14IN3O2. The van der Waals surface area contributed by atoms with Crippen molar-refractivity contribution >= 4 is 28.6 Å².